The Hall–Kier alpha value is -1.48. The molecule has 0 N–H and O–H groups in total. The summed E-state index contributed by atoms with van der Waals surface area (Å²) in [5.41, 5.74) is 7.70. The first-order chi connectivity index (χ1) is 4.81. The molecule has 54 valence electrons. The minimum atomic E-state index is -0.544. The topological polar surface area (TPSA) is 75.1 Å². The zero-order valence-electron chi connectivity index (χ0n) is 5.36. The zero-order chi connectivity index (χ0) is 7.82. The van der Waals surface area contributed by atoms with Gasteiger partial charge in [-0.3, -0.25) is 4.79 Å². The van der Waals surface area contributed by atoms with E-state index >= 15 is 0 Å². The van der Waals surface area contributed by atoms with Gasteiger partial charge in [-0.15, -0.1) is 6.58 Å². The molecule has 0 unspecified atom stereocenters. The second kappa shape index (κ2) is 5.65. The monoisotopic (exact) mass is 141 g/mol. The summed E-state index contributed by atoms with van der Waals surface area (Å²) in [6.07, 6.45) is 2.31. The van der Waals surface area contributed by atoms with Gasteiger partial charge in [0.25, 0.3) is 0 Å². The molecule has 0 atom stereocenters. The van der Waals surface area contributed by atoms with Crippen LogP contribution in [0, 0.1) is 0 Å². The second-order valence-electron chi connectivity index (χ2n) is 1.46. The molecule has 0 aliphatic carbocycles. The lowest BCUT2D eigenvalue weighted by atomic mass is 10.3. The molecule has 0 bridgehead atoms. The minimum absolute atomic E-state index is 0.197. The summed E-state index contributed by atoms with van der Waals surface area (Å²) in [6, 6.07) is 0. The molecular formula is C5H7N3O2. The number of allylic oxidation sites excluding steroid dienone is 1. The maximum absolute atomic E-state index is 10.4. The average molecular weight is 141 g/mol. The molecular weight excluding hydrogens is 134 g/mol. The van der Waals surface area contributed by atoms with Crippen LogP contribution in [-0.4, -0.2) is 5.97 Å². The van der Waals surface area contributed by atoms with Gasteiger partial charge in [0, 0.05) is 11.3 Å². The third kappa shape index (κ3) is 4.67. The lowest BCUT2D eigenvalue weighted by Crippen LogP contribution is -1.96. The maximum Gasteiger partial charge on any atom is 0.318 e. The molecule has 10 heavy (non-hydrogen) atoms. The highest BCUT2D eigenvalue weighted by Gasteiger charge is 1.97. The van der Waals surface area contributed by atoms with Crippen LogP contribution in [0.2, 0.25) is 0 Å². The Morgan fingerprint density at radius 3 is 3.10 bits per heavy atom. The van der Waals surface area contributed by atoms with E-state index in [0.717, 1.165) is 0 Å². The summed E-state index contributed by atoms with van der Waals surface area (Å²) in [6.45, 7) is 3.40. The van der Waals surface area contributed by atoms with Gasteiger partial charge >= 0.3 is 5.97 Å². The van der Waals surface area contributed by atoms with Crippen molar-refractivity contribution in [3.8, 4) is 0 Å². The molecule has 5 nitrogen and oxygen atoms in total. The van der Waals surface area contributed by atoms with Crippen LogP contribution in [0.5, 0.6) is 0 Å². The van der Waals surface area contributed by atoms with Gasteiger partial charge in [-0.1, -0.05) is 6.08 Å². The summed E-state index contributed by atoms with van der Waals surface area (Å²) < 4.78 is 0. The summed E-state index contributed by atoms with van der Waals surface area (Å²) in [4.78, 5) is 16.7. The molecule has 0 aromatic rings. The van der Waals surface area contributed by atoms with E-state index in [-0.39, 0.29) is 6.42 Å². The van der Waals surface area contributed by atoms with Crippen LogP contribution in [-0.2, 0) is 9.63 Å². The van der Waals surface area contributed by atoms with Gasteiger partial charge in [-0.25, -0.2) is 0 Å². The van der Waals surface area contributed by atoms with Crippen LogP contribution in [0.25, 0.3) is 10.4 Å². The van der Waals surface area contributed by atoms with Crippen molar-refractivity contribution in [3.63, 3.8) is 0 Å². The zero-order valence-corrected chi connectivity index (χ0v) is 5.36. The van der Waals surface area contributed by atoms with Crippen molar-refractivity contribution in [2.24, 2.45) is 5.28 Å². The van der Waals surface area contributed by atoms with Gasteiger partial charge in [-0.05, 0) is 12.0 Å². The highest BCUT2D eigenvalue weighted by Crippen LogP contribution is 1.92. The molecule has 0 aromatic heterocycles. The van der Waals surface area contributed by atoms with E-state index in [1.165, 1.54) is 0 Å². The number of rotatable bonds is 4. The first-order valence-electron chi connectivity index (χ1n) is 2.66. The van der Waals surface area contributed by atoms with Crippen LogP contribution in [0.3, 0.4) is 0 Å². The Labute approximate surface area is 57.9 Å². The van der Waals surface area contributed by atoms with Crippen LogP contribution in [0.15, 0.2) is 17.9 Å². The van der Waals surface area contributed by atoms with Crippen molar-refractivity contribution < 1.29 is 9.63 Å². The van der Waals surface area contributed by atoms with E-state index in [9.17, 15) is 4.79 Å². The van der Waals surface area contributed by atoms with Gasteiger partial charge < -0.3 is 4.84 Å². The Bertz CT molecular complexity index is 172. The third-order valence-corrected chi connectivity index (χ3v) is 0.732. The molecule has 5 heteroatoms. The fraction of sp³-hybridized carbons (Fsp3) is 0.400. The number of hydrogen-bond acceptors (Lipinski definition) is 3. The average Bonchev–Trinajstić information content (AvgIpc) is 1.97. The van der Waals surface area contributed by atoms with Crippen molar-refractivity contribution in [2.75, 3.05) is 0 Å². The summed E-state index contributed by atoms with van der Waals surface area (Å²) >= 11 is 0. The molecule has 0 heterocycles. The second-order valence-corrected chi connectivity index (χ2v) is 1.46. The van der Waals surface area contributed by atoms with Crippen LogP contribution < -0.4 is 0 Å². The van der Waals surface area contributed by atoms with Crippen molar-refractivity contribution in [1.82, 2.24) is 0 Å². The molecule has 0 fully saturated rings. The molecule has 0 saturated carbocycles. The first-order valence-corrected chi connectivity index (χ1v) is 2.66. The van der Waals surface area contributed by atoms with Gasteiger partial charge in [0.1, 0.15) is 5.28 Å². The Balaban J connectivity index is 3.43. The van der Waals surface area contributed by atoms with Crippen molar-refractivity contribution in [1.29, 1.82) is 0 Å². The third-order valence-electron chi connectivity index (χ3n) is 0.732. The summed E-state index contributed by atoms with van der Waals surface area (Å²) in [5.74, 6) is -0.544. The largest absolute Gasteiger partial charge is 0.359 e. The van der Waals surface area contributed by atoms with Crippen molar-refractivity contribution in [3.05, 3.63) is 23.1 Å². The van der Waals surface area contributed by atoms with Crippen molar-refractivity contribution >= 4 is 5.97 Å². The van der Waals surface area contributed by atoms with Crippen LogP contribution >= 0.6 is 0 Å². The van der Waals surface area contributed by atoms with E-state index < -0.39 is 5.97 Å². The molecule has 0 aliphatic rings. The van der Waals surface area contributed by atoms with Crippen LogP contribution in [0.4, 0.5) is 0 Å². The number of azide groups is 1. The van der Waals surface area contributed by atoms with E-state index in [2.05, 4.69) is 21.6 Å². The quantitative estimate of drug-likeness (QED) is 0.196. The smallest absolute Gasteiger partial charge is 0.318 e. The number of nitrogens with zero attached hydrogens (tertiary/aromatic N) is 3. The van der Waals surface area contributed by atoms with E-state index in [1.807, 2.05) is 0 Å². The first kappa shape index (κ1) is 8.52. The minimum Gasteiger partial charge on any atom is -0.359 e. The number of carbonyl (C=O) groups is 1. The SMILES string of the molecule is C=CCCC(=O)ON=[N+]=[N-]. The Kier molecular flexibility index (Phi) is 4.82. The number of carbonyl (C=O) groups excluding carboxylic acids is 1. The lowest BCUT2D eigenvalue weighted by Gasteiger charge is -1.90. The fourth-order valence-electron chi connectivity index (χ4n) is 0.329. The predicted octanol–water partition coefficient (Wildman–Crippen LogP) is 1.72. The van der Waals surface area contributed by atoms with Gasteiger partial charge in [0.2, 0.25) is 0 Å². The van der Waals surface area contributed by atoms with E-state index in [1.54, 1.807) is 6.08 Å². The Morgan fingerprint density at radius 1 is 1.90 bits per heavy atom. The van der Waals surface area contributed by atoms with Gasteiger partial charge in [0.15, 0.2) is 0 Å². The molecule has 0 amide bonds. The van der Waals surface area contributed by atoms with Gasteiger partial charge in [0.05, 0.1) is 0 Å². The summed E-state index contributed by atoms with van der Waals surface area (Å²) in [5, 5.41) is 2.62. The maximum atomic E-state index is 10.4. The number of hydrogen-bond donors (Lipinski definition) is 0. The van der Waals surface area contributed by atoms with E-state index in [4.69, 9.17) is 5.53 Å². The molecule has 0 aromatic carbocycles. The fourth-order valence-corrected chi connectivity index (χ4v) is 0.329. The predicted molar refractivity (Wildman–Crippen MR) is 34.7 cm³/mol. The highest BCUT2D eigenvalue weighted by molar-refractivity contribution is 5.69. The van der Waals surface area contributed by atoms with E-state index in [0.29, 0.717) is 6.42 Å². The normalized spacial score (nSPS) is 7.60. The molecule has 0 aliphatic heterocycles. The molecule has 0 spiro atoms. The van der Waals surface area contributed by atoms with Crippen LogP contribution in [0.1, 0.15) is 12.8 Å². The summed E-state index contributed by atoms with van der Waals surface area (Å²) in [7, 11) is 0. The molecule has 0 radical (unpaired) electrons. The molecule has 0 rings (SSSR count). The van der Waals surface area contributed by atoms with Crippen molar-refractivity contribution in [2.45, 2.75) is 12.8 Å². The highest BCUT2D eigenvalue weighted by atomic mass is 16.7. The molecule has 0 saturated heterocycles. The standard InChI is InChI=1S/C5H7N3O2/c1-2-3-4-5(9)10-8-7-6/h2H,1,3-4H2. The van der Waals surface area contributed by atoms with Gasteiger partial charge in [-0.2, -0.15) is 0 Å². The lowest BCUT2D eigenvalue weighted by molar-refractivity contribution is -0.143. The Morgan fingerprint density at radius 2 is 2.60 bits per heavy atom.